The lowest BCUT2D eigenvalue weighted by Gasteiger charge is -2.15. The van der Waals surface area contributed by atoms with Crippen molar-refractivity contribution in [3.8, 4) is 11.5 Å². The highest BCUT2D eigenvalue weighted by Gasteiger charge is 2.10. The Morgan fingerprint density at radius 1 is 1.38 bits per heavy atom. The van der Waals surface area contributed by atoms with Crippen LogP contribution in [0.2, 0.25) is 0 Å². The number of phenols is 1. The highest BCUT2D eigenvalue weighted by atomic mass is 35.5. The van der Waals surface area contributed by atoms with Gasteiger partial charge >= 0.3 is 0 Å². The third-order valence-corrected chi connectivity index (χ3v) is 2.36. The Morgan fingerprint density at radius 2 is 2.00 bits per heavy atom. The molecule has 0 aliphatic heterocycles. The summed E-state index contributed by atoms with van der Waals surface area (Å²) in [5.74, 6) is 1.18. The van der Waals surface area contributed by atoms with Crippen LogP contribution in [0.4, 0.5) is 0 Å². The van der Waals surface area contributed by atoms with Crippen molar-refractivity contribution in [2.75, 3.05) is 7.11 Å². The van der Waals surface area contributed by atoms with Crippen molar-refractivity contribution < 1.29 is 9.84 Å². The molecule has 1 atom stereocenters. The molecule has 16 heavy (non-hydrogen) atoms. The third-order valence-electron chi connectivity index (χ3n) is 2.36. The van der Waals surface area contributed by atoms with E-state index in [4.69, 9.17) is 10.5 Å². The lowest BCUT2D eigenvalue weighted by molar-refractivity contribution is 0.372. The molecule has 0 fully saturated rings. The van der Waals surface area contributed by atoms with Gasteiger partial charge in [0.1, 0.15) is 0 Å². The standard InChI is InChI=1S/C12H19NO2.ClH/c1-8(2)6-10(13)9-4-5-11(14)12(7-9)15-3;/h4-5,7-8,10,14H,6,13H2,1-3H3;1H/t10-;/m1./s1. The van der Waals surface area contributed by atoms with Crippen molar-refractivity contribution in [1.82, 2.24) is 0 Å². The molecule has 1 aromatic carbocycles. The van der Waals surface area contributed by atoms with Crippen LogP contribution in [-0.4, -0.2) is 12.2 Å². The highest BCUT2D eigenvalue weighted by molar-refractivity contribution is 5.85. The lowest BCUT2D eigenvalue weighted by atomic mass is 9.97. The monoisotopic (exact) mass is 245 g/mol. The molecule has 0 aliphatic carbocycles. The molecule has 0 saturated heterocycles. The van der Waals surface area contributed by atoms with Gasteiger partial charge in [-0.1, -0.05) is 19.9 Å². The van der Waals surface area contributed by atoms with Crippen LogP contribution >= 0.6 is 12.4 Å². The normalized spacial score (nSPS) is 12.1. The Morgan fingerprint density at radius 3 is 2.50 bits per heavy atom. The molecule has 0 saturated carbocycles. The summed E-state index contributed by atoms with van der Waals surface area (Å²) in [4.78, 5) is 0. The van der Waals surface area contributed by atoms with Crippen molar-refractivity contribution in [2.45, 2.75) is 26.3 Å². The van der Waals surface area contributed by atoms with E-state index < -0.39 is 0 Å². The van der Waals surface area contributed by atoms with Crippen LogP contribution in [0.1, 0.15) is 31.9 Å². The van der Waals surface area contributed by atoms with Gasteiger partial charge in [-0.05, 0) is 30.0 Å². The number of halogens is 1. The van der Waals surface area contributed by atoms with E-state index in [1.165, 1.54) is 7.11 Å². The van der Waals surface area contributed by atoms with E-state index in [1.807, 2.05) is 6.07 Å². The van der Waals surface area contributed by atoms with Gasteiger partial charge in [-0.2, -0.15) is 0 Å². The van der Waals surface area contributed by atoms with Gasteiger partial charge in [0.05, 0.1) is 7.11 Å². The molecule has 92 valence electrons. The summed E-state index contributed by atoms with van der Waals surface area (Å²) in [5.41, 5.74) is 7.03. The zero-order chi connectivity index (χ0) is 11.4. The smallest absolute Gasteiger partial charge is 0.160 e. The Balaban J connectivity index is 0.00000225. The Labute approximate surface area is 103 Å². The van der Waals surface area contributed by atoms with Gasteiger partial charge in [-0.15, -0.1) is 12.4 Å². The van der Waals surface area contributed by atoms with E-state index in [9.17, 15) is 5.11 Å². The molecule has 1 rings (SSSR count). The molecule has 3 N–H and O–H groups in total. The largest absolute Gasteiger partial charge is 0.504 e. The molecule has 0 amide bonds. The molecular formula is C12H20ClNO2. The molecule has 0 radical (unpaired) electrons. The predicted molar refractivity (Wildman–Crippen MR) is 68.3 cm³/mol. The maximum atomic E-state index is 9.43. The van der Waals surface area contributed by atoms with Crippen molar-refractivity contribution in [2.24, 2.45) is 11.7 Å². The van der Waals surface area contributed by atoms with Gasteiger partial charge in [-0.25, -0.2) is 0 Å². The first-order valence-corrected chi connectivity index (χ1v) is 5.17. The van der Waals surface area contributed by atoms with Crippen LogP contribution in [0, 0.1) is 5.92 Å². The second-order valence-electron chi connectivity index (χ2n) is 4.17. The molecule has 0 aromatic heterocycles. The molecular weight excluding hydrogens is 226 g/mol. The number of ether oxygens (including phenoxy) is 1. The number of hydrogen-bond donors (Lipinski definition) is 2. The molecule has 0 spiro atoms. The quantitative estimate of drug-likeness (QED) is 0.858. The van der Waals surface area contributed by atoms with Crippen LogP contribution in [0.5, 0.6) is 11.5 Å². The van der Waals surface area contributed by atoms with E-state index in [1.54, 1.807) is 12.1 Å². The Hall–Kier alpha value is -0.930. The van der Waals surface area contributed by atoms with Gasteiger partial charge in [-0.3, -0.25) is 0 Å². The first kappa shape index (κ1) is 15.1. The third kappa shape index (κ3) is 3.91. The topological polar surface area (TPSA) is 55.5 Å². The van der Waals surface area contributed by atoms with Crippen LogP contribution in [0.25, 0.3) is 0 Å². The first-order valence-electron chi connectivity index (χ1n) is 5.17. The Kier molecular flexibility index (Phi) is 6.22. The maximum Gasteiger partial charge on any atom is 0.160 e. The second-order valence-corrected chi connectivity index (χ2v) is 4.17. The molecule has 0 unspecified atom stereocenters. The van der Waals surface area contributed by atoms with E-state index in [0.717, 1.165) is 12.0 Å². The summed E-state index contributed by atoms with van der Waals surface area (Å²) in [6.07, 6.45) is 0.925. The zero-order valence-corrected chi connectivity index (χ0v) is 10.8. The van der Waals surface area contributed by atoms with Crippen LogP contribution in [0.15, 0.2) is 18.2 Å². The summed E-state index contributed by atoms with van der Waals surface area (Å²) in [7, 11) is 1.53. The molecule has 3 nitrogen and oxygen atoms in total. The Bertz CT molecular complexity index is 329. The maximum absolute atomic E-state index is 9.43. The summed E-state index contributed by atoms with van der Waals surface area (Å²) < 4.78 is 5.04. The van der Waals surface area contributed by atoms with Crippen LogP contribution in [-0.2, 0) is 0 Å². The molecule has 0 heterocycles. The second kappa shape index (κ2) is 6.61. The number of hydrogen-bond acceptors (Lipinski definition) is 3. The fourth-order valence-electron chi connectivity index (χ4n) is 1.57. The van der Waals surface area contributed by atoms with Gasteiger partial charge in [0.15, 0.2) is 11.5 Å². The minimum atomic E-state index is -0.000463. The van der Waals surface area contributed by atoms with Gasteiger partial charge < -0.3 is 15.6 Å². The van der Waals surface area contributed by atoms with Crippen molar-refractivity contribution >= 4 is 12.4 Å². The van der Waals surface area contributed by atoms with Gasteiger partial charge in [0, 0.05) is 6.04 Å². The van der Waals surface area contributed by atoms with E-state index >= 15 is 0 Å². The number of aromatic hydroxyl groups is 1. The SMILES string of the molecule is COc1cc([C@H](N)CC(C)C)ccc1O.Cl. The average Bonchev–Trinajstić information content (AvgIpc) is 2.17. The zero-order valence-electron chi connectivity index (χ0n) is 9.93. The van der Waals surface area contributed by atoms with Gasteiger partial charge in [0.2, 0.25) is 0 Å². The molecule has 1 aromatic rings. The molecule has 0 bridgehead atoms. The van der Waals surface area contributed by atoms with E-state index in [0.29, 0.717) is 11.7 Å². The van der Waals surface area contributed by atoms with Crippen LogP contribution < -0.4 is 10.5 Å². The number of methoxy groups -OCH3 is 1. The van der Waals surface area contributed by atoms with Crippen molar-refractivity contribution in [1.29, 1.82) is 0 Å². The summed E-state index contributed by atoms with van der Waals surface area (Å²) in [5, 5.41) is 9.43. The van der Waals surface area contributed by atoms with E-state index in [-0.39, 0.29) is 24.2 Å². The fraction of sp³-hybridized carbons (Fsp3) is 0.500. The lowest BCUT2D eigenvalue weighted by Crippen LogP contribution is -2.12. The van der Waals surface area contributed by atoms with Crippen molar-refractivity contribution in [3.63, 3.8) is 0 Å². The van der Waals surface area contributed by atoms with Crippen molar-refractivity contribution in [3.05, 3.63) is 23.8 Å². The first-order chi connectivity index (χ1) is 7.04. The fourth-order valence-corrected chi connectivity index (χ4v) is 1.57. The molecule has 4 heteroatoms. The minimum Gasteiger partial charge on any atom is -0.504 e. The minimum absolute atomic E-state index is 0. The van der Waals surface area contributed by atoms with E-state index in [2.05, 4.69) is 13.8 Å². The number of phenolic OH excluding ortho intramolecular Hbond substituents is 1. The van der Waals surface area contributed by atoms with Crippen LogP contribution in [0.3, 0.4) is 0 Å². The number of rotatable bonds is 4. The average molecular weight is 246 g/mol. The number of benzene rings is 1. The molecule has 0 aliphatic rings. The predicted octanol–water partition coefficient (Wildman–Crippen LogP) is 2.87. The van der Waals surface area contributed by atoms with Gasteiger partial charge in [0.25, 0.3) is 0 Å². The summed E-state index contributed by atoms with van der Waals surface area (Å²) >= 11 is 0. The highest BCUT2D eigenvalue weighted by Crippen LogP contribution is 2.29. The number of nitrogens with two attached hydrogens (primary N) is 1. The summed E-state index contributed by atoms with van der Waals surface area (Å²) in [6.45, 7) is 4.27. The summed E-state index contributed by atoms with van der Waals surface area (Å²) in [6, 6.07) is 5.25.